The molecule has 0 spiro atoms. The van der Waals surface area contributed by atoms with Crippen molar-refractivity contribution in [2.75, 3.05) is 6.61 Å². The molecular weight excluding hydrogens is 249 g/mol. The van der Waals surface area contributed by atoms with Crippen molar-refractivity contribution in [2.45, 2.75) is 13.5 Å². The van der Waals surface area contributed by atoms with E-state index in [1.165, 1.54) is 24.3 Å². The highest BCUT2D eigenvalue weighted by Gasteiger charge is 2.19. The highest BCUT2D eigenvalue weighted by Crippen LogP contribution is 2.43. The van der Waals surface area contributed by atoms with Gasteiger partial charge in [0.05, 0.1) is 18.1 Å². The topological polar surface area (TPSA) is 98.9 Å². The molecule has 0 saturated carbocycles. The standard InChI is InChI=1S/C9H12NO6P/c1-2-15-17(13,14)16-7-8-3-5-9(6-4-8)10(11)12/h3-6H,2,7H2,1H3,(H,13,14). The summed E-state index contributed by atoms with van der Waals surface area (Å²) < 4.78 is 20.3. The first-order chi connectivity index (χ1) is 7.94. The van der Waals surface area contributed by atoms with E-state index < -0.39 is 12.7 Å². The molecule has 0 bridgehead atoms. The van der Waals surface area contributed by atoms with Crippen LogP contribution in [0.15, 0.2) is 24.3 Å². The molecule has 0 radical (unpaired) electrons. The number of hydrogen-bond donors (Lipinski definition) is 1. The van der Waals surface area contributed by atoms with Gasteiger partial charge >= 0.3 is 7.82 Å². The van der Waals surface area contributed by atoms with Crippen LogP contribution in [0.3, 0.4) is 0 Å². The third kappa shape index (κ3) is 4.62. The van der Waals surface area contributed by atoms with Crippen molar-refractivity contribution in [1.29, 1.82) is 0 Å². The fourth-order valence-corrected chi connectivity index (χ4v) is 1.78. The van der Waals surface area contributed by atoms with Gasteiger partial charge in [-0.2, -0.15) is 0 Å². The van der Waals surface area contributed by atoms with Gasteiger partial charge in [-0.3, -0.25) is 19.2 Å². The Bertz CT molecular complexity index is 432. The molecular formula is C9H12NO6P. The normalized spacial score (nSPS) is 14.2. The van der Waals surface area contributed by atoms with Crippen molar-refractivity contribution >= 4 is 13.5 Å². The SMILES string of the molecule is CCOP(=O)(O)OCc1ccc([N+](=O)[O-])cc1. The van der Waals surface area contributed by atoms with Crippen molar-refractivity contribution < 1.29 is 23.4 Å². The molecule has 0 heterocycles. The van der Waals surface area contributed by atoms with E-state index >= 15 is 0 Å². The van der Waals surface area contributed by atoms with Crippen LogP contribution in [-0.4, -0.2) is 16.4 Å². The number of nitrogens with zero attached hydrogens (tertiary/aromatic N) is 1. The number of benzene rings is 1. The van der Waals surface area contributed by atoms with Gasteiger partial charge in [0.25, 0.3) is 5.69 Å². The Labute approximate surface area is 97.8 Å². The van der Waals surface area contributed by atoms with Crippen molar-refractivity contribution in [1.82, 2.24) is 0 Å². The summed E-state index contributed by atoms with van der Waals surface area (Å²) in [5.74, 6) is 0. The van der Waals surface area contributed by atoms with Crippen LogP contribution in [0.4, 0.5) is 5.69 Å². The second-order valence-electron chi connectivity index (χ2n) is 3.08. The van der Waals surface area contributed by atoms with Gasteiger partial charge in [-0.15, -0.1) is 0 Å². The van der Waals surface area contributed by atoms with E-state index in [0.717, 1.165) is 0 Å². The van der Waals surface area contributed by atoms with Crippen LogP contribution in [-0.2, 0) is 20.2 Å². The summed E-state index contributed by atoms with van der Waals surface area (Å²) in [6.07, 6.45) is 0. The highest BCUT2D eigenvalue weighted by molar-refractivity contribution is 7.47. The van der Waals surface area contributed by atoms with Crippen molar-refractivity contribution in [2.24, 2.45) is 0 Å². The minimum atomic E-state index is -4.02. The zero-order valence-electron chi connectivity index (χ0n) is 9.11. The Morgan fingerprint density at radius 2 is 1.94 bits per heavy atom. The summed E-state index contributed by atoms with van der Waals surface area (Å²) in [5.41, 5.74) is 0.496. The average Bonchev–Trinajstić information content (AvgIpc) is 2.27. The monoisotopic (exact) mass is 261 g/mol. The zero-order chi connectivity index (χ0) is 12.9. The largest absolute Gasteiger partial charge is 0.472 e. The van der Waals surface area contributed by atoms with E-state index in [2.05, 4.69) is 9.05 Å². The maximum Gasteiger partial charge on any atom is 0.472 e. The molecule has 0 aromatic heterocycles. The summed E-state index contributed by atoms with van der Waals surface area (Å²) in [6, 6.07) is 5.48. The predicted octanol–water partition coefficient (Wildman–Crippen LogP) is 2.25. The first-order valence-corrected chi connectivity index (χ1v) is 6.29. The van der Waals surface area contributed by atoms with Crippen molar-refractivity contribution in [3.63, 3.8) is 0 Å². The van der Waals surface area contributed by atoms with E-state index in [0.29, 0.717) is 5.56 Å². The lowest BCUT2D eigenvalue weighted by atomic mass is 10.2. The second-order valence-corrected chi connectivity index (χ2v) is 4.54. The molecule has 0 amide bonds. The number of phosphoric acid groups is 1. The zero-order valence-corrected chi connectivity index (χ0v) is 10.0. The van der Waals surface area contributed by atoms with E-state index in [4.69, 9.17) is 4.89 Å². The first kappa shape index (κ1) is 13.8. The fraction of sp³-hybridized carbons (Fsp3) is 0.333. The van der Waals surface area contributed by atoms with Crippen LogP contribution >= 0.6 is 7.82 Å². The minimum Gasteiger partial charge on any atom is -0.302 e. The molecule has 1 atom stereocenters. The molecule has 1 rings (SSSR count). The van der Waals surface area contributed by atoms with Crippen LogP contribution in [0.1, 0.15) is 12.5 Å². The number of nitro groups is 1. The van der Waals surface area contributed by atoms with Gasteiger partial charge in [-0.1, -0.05) is 0 Å². The summed E-state index contributed by atoms with van der Waals surface area (Å²) in [5, 5.41) is 10.4. The van der Waals surface area contributed by atoms with Gasteiger partial charge in [-0.05, 0) is 24.6 Å². The molecule has 0 aliphatic rings. The molecule has 94 valence electrons. The van der Waals surface area contributed by atoms with Gasteiger partial charge in [0.15, 0.2) is 0 Å². The van der Waals surface area contributed by atoms with Gasteiger partial charge in [0.1, 0.15) is 0 Å². The van der Waals surface area contributed by atoms with Gasteiger partial charge in [-0.25, -0.2) is 4.57 Å². The van der Waals surface area contributed by atoms with E-state index in [1.54, 1.807) is 6.92 Å². The molecule has 0 aliphatic carbocycles. The molecule has 8 heteroatoms. The molecule has 0 fully saturated rings. The quantitative estimate of drug-likeness (QED) is 0.479. The van der Waals surface area contributed by atoms with E-state index in [-0.39, 0.29) is 18.9 Å². The maximum atomic E-state index is 11.2. The lowest BCUT2D eigenvalue weighted by Crippen LogP contribution is -1.96. The summed E-state index contributed by atoms with van der Waals surface area (Å²) in [4.78, 5) is 19.0. The number of nitro benzene ring substituents is 1. The number of rotatable bonds is 6. The number of non-ortho nitro benzene ring substituents is 1. The minimum absolute atomic E-state index is 0.0502. The van der Waals surface area contributed by atoms with Crippen molar-refractivity contribution in [3.05, 3.63) is 39.9 Å². The smallest absolute Gasteiger partial charge is 0.302 e. The Morgan fingerprint density at radius 3 is 2.41 bits per heavy atom. The Hall–Kier alpha value is -1.27. The predicted molar refractivity (Wildman–Crippen MR) is 59.3 cm³/mol. The number of hydrogen-bond acceptors (Lipinski definition) is 5. The van der Waals surface area contributed by atoms with Gasteiger partial charge in [0, 0.05) is 12.1 Å². The number of phosphoric ester groups is 1. The lowest BCUT2D eigenvalue weighted by molar-refractivity contribution is -0.384. The molecule has 1 unspecified atom stereocenters. The first-order valence-electron chi connectivity index (χ1n) is 4.80. The fourth-order valence-electron chi connectivity index (χ4n) is 1.07. The van der Waals surface area contributed by atoms with Crippen molar-refractivity contribution in [3.8, 4) is 0 Å². The lowest BCUT2D eigenvalue weighted by Gasteiger charge is -2.10. The maximum absolute atomic E-state index is 11.2. The Morgan fingerprint density at radius 1 is 1.35 bits per heavy atom. The third-order valence-electron chi connectivity index (χ3n) is 1.83. The molecule has 1 N–H and O–H groups in total. The van der Waals surface area contributed by atoms with Gasteiger partial charge in [0.2, 0.25) is 0 Å². The summed E-state index contributed by atoms with van der Waals surface area (Å²) >= 11 is 0. The average molecular weight is 261 g/mol. The summed E-state index contributed by atoms with van der Waals surface area (Å²) in [6.45, 7) is 1.48. The van der Waals surface area contributed by atoms with E-state index in [1.807, 2.05) is 0 Å². The molecule has 0 saturated heterocycles. The Balaban J connectivity index is 2.58. The van der Waals surface area contributed by atoms with Gasteiger partial charge < -0.3 is 4.89 Å². The third-order valence-corrected chi connectivity index (χ3v) is 2.87. The molecule has 1 aromatic rings. The molecule has 1 aromatic carbocycles. The van der Waals surface area contributed by atoms with Crippen LogP contribution < -0.4 is 0 Å². The molecule has 7 nitrogen and oxygen atoms in total. The van der Waals surface area contributed by atoms with Crippen LogP contribution in [0.2, 0.25) is 0 Å². The summed E-state index contributed by atoms with van der Waals surface area (Å²) in [7, 11) is -4.02. The van der Waals surface area contributed by atoms with Crippen LogP contribution in [0.5, 0.6) is 0 Å². The Kier molecular flexibility index (Phi) is 4.77. The van der Waals surface area contributed by atoms with Crippen LogP contribution in [0.25, 0.3) is 0 Å². The second kappa shape index (κ2) is 5.88. The molecule has 0 aliphatic heterocycles. The van der Waals surface area contributed by atoms with Crippen LogP contribution in [0, 0.1) is 10.1 Å². The molecule has 17 heavy (non-hydrogen) atoms. The highest BCUT2D eigenvalue weighted by atomic mass is 31.2. The van der Waals surface area contributed by atoms with E-state index in [9.17, 15) is 14.7 Å².